The van der Waals surface area contributed by atoms with Gasteiger partial charge in [0.25, 0.3) is 0 Å². The highest BCUT2D eigenvalue weighted by molar-refractivity contribution is 4.99. The number of hydrogen-bond donors (Lipinski definition) is 1. The quantitative estimate of drug-likeness (QED) is 0.565. The van der Waals surface area contributed by atoms with Crippen LogP contribution >= 0.6 is 0 Å². The maximum absolute atomic E-state index is 3.48. The smallest absolute Gasteiger partial charge is 0.00149 e. The summed E-state index contributed by atoms with van der Waals surface area (Å²) in [5, 5.41) is 3.48. The Labute approximate surface area is 68.9 Å². The minimum Gasteiger partial charge on any atom is -0.316 e. The molecular weight excluding hydrogens is 134 g/mol. The van der Waals surface area contributed by atoms with Gasteiger partial charge in [-0.25, -0.2) is 0 Å². The summed E-state index contributed by atoms with van der Waals surface area (Å²) in [5.41, 5.74) is 0. The van der Waals surface area contributed by atoms with E-state index in [1.807, 2.05) is 0 Å². The monoisotopic (exact) mass is 151 g/mol. The summed E-state index contributed by atoms with van der Waals surface area (Å²) in [6.45, 7) is 2.50. The lowest BCUT2D eigenvalue weighted by atomic mass is 9.86. The van der Waals surface area contributed by atoms with Gasteiger partial charge in [0.15, 0.2) is 0 Å². The zero-order valence-electron chi connectivity index (χ0n) is 7.05. The summed E-state index contributed by atoms with van der Waals surface area (Å²) in [6, 6.07) is 0. The predicted molar refractivity (Wildman–Crippen MR) is 47.5 cm³/mol. The summed E-state index contributed by atoms with van der Waals surface area (Å²) in [7, 11) is 0. The van der Waals surface area contributed by atoms with Gasteiger partial charge in [-0.05, 0) is 50.6 Å². The molecule has 1 N–H and O–H groups in total. The fraction of sp³-hybridized carbons (Fsp3) is 0.800. The molecule has 0 aromatic carbocycles. The summed E-state index contributed by atoms with van der Waals surface area (Å²) in [5.74, 6) is 1.85. The number of nitrogens with one attached hydrogen (secondary N) is 1. The van der Waals surface area contributed by atoms with E-state index in [0.717, 1.165) is 11.8 Å². The molecule has 0 bridgehead atoms. The molecular formula is C10H17N. The van der Waals surface area contributed by atoms with Crippen molar-refractivity contribution < 1.29 is 0 Å². The zero-order valence-corrected chi connectivity index (χ0v) is 7.05. The SMILES string of the molecule is C1=CC(C2CCCNC2)CC1. The number of hydrogen-bond acceptors (Lipinski definition) is 1. The molecule has 1 heteroatoms. The molecule has 1 heterocycles. The Bertz CT molecular complexity index is 145. The molecule has 2 atom stereocenters. The van der Waals surface area contributed by atoms with Gasteiger partial charge in [0.05, 0.1) is 0 Å². The van der Waals surface area contributed by atoms with Gasteiger partial charge in [0.2, 0.25) is 0 Å². The van der Waals surface area contributed by atoms with Gasteiger partial charge in [0, 0.05) is 0 Å². The minimum absolute atomic E-state index is 0.905. The van der Waals surface area contributed by atoms with Crippen LogP contribution in [0.2, 0.25) is 0 Å². The molecule has 2 rings (SSSR count). The van der Waals surface area contributed by atoms with E-state index < -0.39 is 0 Å². The Balaban J connectivity index is 1.87. The lowest BCUT2D eigenvalue weighted by Crippen LogP contribution is -2.33. The lowest BCUT2D eigenvalue weighted by Gasteiger charge is -2.26. The molecule has 1 saturated heterocycles. The van der Waals surface area contributed by atoms with Crippen LogP contribution in [-0.2, 0) is 0 Å². The van der Waals surface area contributed by atoms with E-state index >= 15 is 0 Å². The first-order chi connectivity index (χ1) is 5.47. The van der Waals surface area contributed by atoms with E-state index in [2.05, 4.69) is 17.5 Å². The molecule has 1 nitrogen and oxygen atoms in total. The second-order valence-electron chi connectivity index (χ2n) is 3.78. The molecule has 11 heavy (non-hydrogen) atoms. The van der Waals surface area contributed by atoms with Gasteiger partial charge in [0.1, 0.15) is 0 Å². The first-order valence-corrected chi connectivity index (χ1v) is 4.84. The van der Waals surface area contributed by atoms with Gasteiger partial charge >= 0.3 is 0 Å². The highest BCUT2D eigenvalue weighted by Crippen LogP contribution is 2.29. The average Bonchev–Trinajstić information content (AvgIpc) is 2.58. The van der Waals surface area contributed by atoms with Crippen molar-refractivity contribution in [3.05, 3.63) is 12.2 Å². The Morgan fingerprint density at radius 3 is 2.91 bits per heavy atom. The third kappa shape index (κ3) is 1.64. The van der Waals surface area contributed by atoms with Crippen molar-refractivity contribution in [3.63, 3.8) is 0 Å². The van der Waals surface area contributed by atoms with Gasteiger partial charge in [-0.15, -0.1) is 0 Å². The van der Waals surface area contributed by atoms with E-state index in [0.29, 0.717) is 0 Å². The molecule has 0 aromatic rings. The second-order valence-corrected chi connectivity index (χ2v) is 3.78. The second kappa shape index (κ2) is 3.40. The van der Waals surface area contributed by atoms with E-state index in [1.54, 1.807) is 0 Å². The van der Waals surface area contributed by atoms with Gasteiger partial charge in [-0.3, -0.25) is 0 Å². The van der Waals surface area contributed by atoms with Crippen LogP contribution in [0.1, 0.15) is 25.7 Å². The Hall–Kier alpha value is -0.300. The zero-order chi connectivity index (χ0) is 7.52. The van der Waals surface area contributed by atoms with Gasteiger partial charge < -0.3 is 5.32 Å². The van der Waals surface area contributed by atoms with Crippen LogP contribution in [0.4, 0.5) is 0 Å². The topological polar surface area (TPSA) is 12.0 Å². The summed E-state index contributed by atoms with van der Waals surface area (Å²) >= 11 is 0. The van der Waals surface area contributed by atoms with Crippen molar-refractivity contribution in [2.24, 2.45) is 11.8 Å². The van der Waals surface area contributed by atoms with Crippen LogP contribution in [0, 0.1) is 11.8 Å². The van der Waals surface area contributed by atoms with Crippen molar-refractivity contribution >= 4 is 0 Å². The van der Waals surface area contributed by atoms with Crippen LogP contribution in [0.15, 0.2) is 12.2 Å². The largest absolute Gasteiger partial charge is 0.316 e. The van der Waals surface area contributed by atoms with Crippen LogP contribution in [0.3, 0.4) is 0 Å². The molecule has 1 aliphatic heterocycles. The maximum Gasteiger partial charge on any atom is -0.00149 e. The van der Waals surface area contributed by atoms with Crippen LogP contribution in [0.25, 0.3) is 0 Å². The molecule has 62 valence electrons. The summed E-state index contributed by atoms with van der Waals surface area (Å²) in [6.07, 6.45) is 10.3. The van der Waals surface area contributed by atoms with Crippen molar-refractivity contribution in [2.45, 2.75) is 25.7 Å². The molecule has 0 aromatic heterocycles. The normalized spacial score (nSPS) is 37.8. The maximum atomic E-state index is 3.48. The third-order valence-corrected chi connectivity index (χ3v) is 2.99. The minimum atomic E-state index is 0.905. The van der Waals surface area contributed by atoms with Crippen LogP contribution < -0.4 is 5.32 Å². The molecule has 0 spiro atoms. The van der Waals surface area contributed by atoms with Gasteiger partial charge in [-0.2, -0.15) is 0 Å². The highest BCUT2D eigenvalue weighted by Gasteiger charge is 2.22. The molecule has 2 unspecified atom stereocenters. The van der Waals surface area contributed by atoms with Crippen LogP contribution in [0.5, 0.6) is 0 Å². The van der Waals surface area contributed by atoms with E-state index in [9.17, 15) is 0 Å². The molecule has 0 amide bonds. The third-order valence-electron chi connectivity index (χ3n) is 2.99. The summed E-state index contributed by atoms with van der Waals surface area (Å²) < 4.78 is 0. The first kappa shape index (κ1) is 7.35. The fourth-order valence-corrected chi connectivity index (χ4v) is 2.29. The molecule has 0 radical (unpaired) electrons. The van der Waals surface area contributed by atoms with Crippen LogP contribution in [-0.4, -0.2) is 13.1 Å². The Morgan fingerprint density at radius 1 is 1.27 bits per heavy atom. The Kier molecular flexibility index (Phi) is 2.27. The fourth-order valence-electron chi connectivity index (χ4n) is 2.29. The van der Waals surface area contributed by atoms with Crippen molar-refractivity contribution in [1.29, 1.82) is 0 Å². The standard InChI is InChI=1S/C10H17N/c1-2-5-9(4-1)10-6-3-7-11-8-10/h1,4,9-11H,2-3,5-8H2. The molecule has 2 aliphatic rings. The summed E-state index contributed by atoms with van der Waals surface area (Å²) in [4.78, 5) is 0. The number of piperidine rings is 1. The Morgan fingerprint density at radius 2 is 2.27 bits per heavy atom. The van der Waals surface area contributed by atoms with Gasteiger partial charge in [-0.1, -0.05) is 12.2 Å². The first-order valence-electron chi connectivity index (χ1n) is 4.84. The van der Waals surface area contributed by atoms with Crippen molar-refractivity contribution in [3.8, 4) is 0 Å². The number of allylic oxidation sites excluding steroid dienone is 2. The highest BCUT2D eigenvalue weighted by atomic mass is 14.9. The number of rotatable bonds is 1. The molecule has 1 fully saturated rings. The molecule has 1 aliphatic carbocycles. The van der Waals surface area contributed by atoms with Crippen molar-refractivity contribution in [2.75, 3.05) is 13.1 Å². The molecule has 0 saturated carbocycles. The van der Waals surface area contributed by atoms with E-state index in [4.69, 9.17) is 0 Å². The van der Waals surface area contributed by atoms with E-state index in [1.165, 1.54) is 38.8 Å². The lowest BCUT2D eigenvalue weighted by molar-refractivity contribution is 0.301. The average molecular weight is 151 g/mol. The van der Waals surface area contributed by atoms with E-state index in [-0.39, 0.29) is 0 Å². The predicted octanol–water partition coefficient (Wildman–Crippen LogP) is 1.95. The van der Waals surface area contributed by atoms with Crippen molar-refractivity contribution in [1.82, 2.24) is 5.32 Å².